The van der Waals surface area contributed by atoms with Gasteiger partial charge >= 0.3 is 18.0 Å². The molecule has 0 fully saturated rings. The third kappa shape index (κ3) is 6.20. The SMILES string of the molecule is CCCN1C(=O)NC(c2ccc(NC(=O)Nc3ccccc3CC)cc2)C(C(=O)OC(C)C)=C1C. The van der Waals surface area contributed by atoms with Gasteiger partial charge in [0.15, 0.2) is 0 Å². The van der Waals surface area contributed by atoms with Crippen molar-refractivity contribution >= 4 is 29.4 Å². The van der Waals surface area contributed by atoms with Crippen LogP contribution >= 0.6 is 0 Å². The number of aryl methyl sites for hydroxylation is 1. The van der Waals surface area contributed by atoms with E-state index in [1.807, 2.05) is 38.1 Å². The summed E-state index contributed by atoms with van der Waals surface area (Å²) < 4.78 is 5.49. The third-order valence-electron chi connectivity index (χ3n) is 5.75. The Morgan fingerprint density at radius 2 is 1.74 bits per heavy atom. The average Bonchev–Trinajstić information content (AvgIpc) is 2.81. The predicted molar refractivity (Wildman–Crippen MR) is 137 cm³/mol. The molecule has 2 aromatic rings. The van der Waals surface area contributed by atoms with E-state index in [0.717, 1.165) is 24.1 Å². The van der Waals surface area contributed by atoms with Crippen LogP contribution in [0.25, 0.3) is 0 Å². The molecule has 1 aliphatic rings. The topological polar surface area (TPSA) is 99.8 Å². The van der Waals surface area contributed by atoms with Gasteiger partial charge < -0.3 is 20.7 Å². The molecule has 0 saturated heterocycles. The fraction of sp³-hybridized carbons (Fsp3) is 0.370. The van der Waals surface area contributed by atoms with E-state index < -0.39 is 12.0 Å². The van der Waals surface area contributed by atoms with Crippen LogP contribution < -0.4 is 16.0 Å². The summed E-state index contributed by atoms with van der Waals surface area (Å²) in [5.41, 5.74) is 4.10. The lowest BCUT2D eigenvalue weighted by molar-refractivity contribution is -0.143. The number of esters is 1. The smallest absolute Gasteiger partial charge is 0.338 e. The summed E-state index contributed by atoms with van der Waals surface area (Å²) in [5, 5.41) is 8.64. The van der Waals surface area contributed by atoms with Gasteiger partial charge in [0.05, 0.1) is 17.7 Å². The predicted octanol–water partition coefficient (Wildman–Crippen LogP) is 5.59. The zero-order chi connectivity index (χ0) is 25.5. The Kier molecular flexibility index (Phi) is 8.52. The molecular weight excluding hydrogens is 444 g/mol. The zero-order valence-electron chi connectivity index (χ0n) is 21.0. The summed E-state index contributed by atoms with van der Waals surface area (Å²) in [6.07, 6.45) is 1.28. The lowest BCUT2D eigenvalue weighted by Gasteiger charge is -2.35. The van der Waals surface area contributed by atoms with Gasteiger partial charge in [0, 0.05) is 23.6 Å². The number of allylic oxidation sites excluding steroid dienone is 1. The van der Waals surface area contributed by atoms with Gasteiger partial charge in [0.25, 0.3) is 0 Å². The number of amides is 4. The van der Waals surface area contributed by atoms with E-state index in [0.29, 0.717) is 29.1 Å². The van der Waals surface area contributed by atoms with Crippen molar-refractivity contribution in [3.63, 3.8) is 0 Å². The van der Waals surface area contributed by atoms with Crippen molar-refractivity contribution in [2.75, 3.05) is 17.2 Å². The molecule has 8 heteroatoms. The number of rotatable bonds is 8. The van der Waals surface area contributed by atoms with Gasteiger partial charge in [0.1, 0.15) is 0 Å². The van der Waals surface area contributed by atoms with E-state index in [9.17, 15) is 14.4 Å². The monoisotopic (exact) mass is 478 g/mol. The van der Waals surface area contributed by atoms with Gasteiger partial charge in [-0.2, -0.15) is 0 Å². The first-order valence-corrected chi connectivity index (χ1v) is 12.0. The summed E-state index contributed by atoms with van der Waals surface area (Å²) in [4.78, 5) is 39.8. The van der Waals surface area contributed by atoms with Crippen LogP contribution in [0.5, 0.6) is 0 Å². The summed E-state index contributed by atoms with van der Waals surface area (Å²) in [6, 6.07) is 13.4. The van der Waals surface area contributed by atoms with Crippen LogP contribution in [0.1, 0.15) is 58.2 Å². The highest BCUT2D eigenvalue weighted by Crippen LogP contribution is 2.32. The quantitative estimate of drug-likeness (QED) is 0.430. The molecular formula is C27H34N4O4. The number of nitrogens with zero attached hydrogens (tertiary/aromatic N) is 1. The van der Waals surface area contributed by atoms with Crippen LogP contribution in [-0.4, -0.2) is 35.6 Å². The standard InChI is InChI=1S/C27H34N4O4/c1-6-16-31-18(5)23(25(32)35-17(3)4)24(30-27(31)34)20-12-14-21(15-13-20)28-26(33)29-22-11-9-8-10-19(22)7-2/h8-15,17,24H,6-7,16H2,1-5H3,(H,30,34)(H2,28,29,33). The largest absolute Gasteiger partial charge is 0.459 e. The molecule has 8 nitrogen and oxygen atoms in total. The Morgan fingerprint density at radius 3 is 2.37 bits per heavy atom. The van der Waals surface area contributed by atoms with Crippen molar-refractivity contribution in [1.29, 1.82) is 0 Å². The normalized spacial score (nSPS) is 15.7. The summed E-state index contributed by atoms with van der Waals surface area (Å²) >= 11 is 0. The third-order valence-corrected chi connectivity index (χ3v) is 5.75. The molecule has 3 rings (SSSR count). The number of hydrogen-bond donors (Lipinski definition) is 3. The van der Waals surface area contributed by atoms with Crippen molar-refractivity contribution in [1.82, 2.24) is 10.2 Å². The highest BCUT2D eigenvalue weighted by atomic mass is 16.5. The first-order valence-electron chi connectivity index (χ1n) is 12.0. The summed E-state index contributed by atoms with van der Waals surface area (Å²) in [7, 11) is 0. The Balaban J connectivity index is 1.81. The van der Waals surface area contributed by atoms with Crippen molar-refractivity contribution in [2.45, 2.75) is 59.6 Å². The van der Waals surface area contributed by atoms with E-state index in [1.165, 1.54) is 0 Å². The Hall–Kier alpha value is -3.81. The van der Waals surface area contributed by atoms with E-state index in [-0.39, 0.29) is 18.2 Å². The lowest BCUT2D eigenvalue weighted by atomic mass is 9.94. The molecule has 4 amide bonds. The number of para-hydroxylation sites is 1. The second-order valence-electron chi connectivity index (χ2n) is 8.70. The average molecular weight is 479 g/mol. The number of carbonyl (C=O) groups is 3. The van der Waals surface area contributed by atoms with Crippen LogP contribution in [0.15, 0.2) is 59.8 Å². The maximum absolute atomic E-state index is 13.0. The highest BCUT2D eigenvalue weighted by molar-refractivity contribution is 6.00. The molecule has 0 spiro atoms. The van der Waals surface area contributed by atoms with Gasteiger partial charge in [0.2, 0.25) is 0 Å². The minimum atomic E-state index is -0.652. The molecule has 0 radical (unpaired) electrons. The molecule has 3 N–H and O–H groups in total. The number of urea groups is 2. The molecule has 0 aromatic heterocycles. The molecule has 0 bridgehead atoms. The number of benzene rings is 2. The number of anilines is 2. The maximum Gasteiger partial charge on any atom is 0.338 e. The van der Waals surface area contributed by atoms with Crippen LogP contribution in [0.4, 0.5) is 21.0 Å². The van der Waals surface area contributed by atoms with Gasteiger partial charge in [-0.05, 0) is 62.9 Å². The molecule has 186 valence electrons. The minimum absolute atomic E-state index is 0.258. The van der Waals surface area contributed by atoms with Crippen molar-refractivity contribution in [2.24, 2.45) is 0 Å². The molecule has 35 heavy (non-hydrogen) atoms. The number of hydrogen-bond acceptors (Lipinski definition) is 4. The minimum Gasteiger partial charge on any atom is -0.459 e. The first kappa shape index (κ1) is 25.8. The van der Waals surface area contributed by atoms with Crippen LogP contribution in [0.2, 0.25) is 0 Å². The summed E-state index contributed by atoms with van der Waals surface area (Å²) in [5.74, 6) is -0.459. The van der Waals surface area contributed by atoms with Crippen molar-refractivity contribution < 1.29 is 19.1 Å². The zero-order valence-corrected chi connectivity index (χ0v) is 21.0. The molecule has 0 aliphatic carbocycles. The highest BCUT2D eigenvalue weighted by Gasteiger charge is 2.36. The van der Waals surface area contributed by atoms with E-state index in [1.54, 1.807) is 49.9 Å². The maximum atomic E-state index is 13.0. The second-order valence-corrected chi connectivity index (χ2v) is 8.70. The van der Waals surface area contributed by atoms with Crippen molar-refractivity contribution in [3.05, 3.63) is 70.9 Å². The molecule has 1 atom stereocenters. The first-order chi connectivity index (χ1) is 16.7. The molecule has 1 heterocycles. The van der Waals surface area contributed by atoms with Crippen LogP contribution in [0, 0.1) is 0 Å². The van der Waals surface area contributed by atoms with Gasteiger partial charge in [-0.15, -0.1) is 0 Å². The molecule has 0 saturated carbocycles. The molecule has 2 aromatic carbocycles. The second kappa shape index (κ2) is 11.6. The van der Waals surface area contributed by atoms with Crippen LogP contribution in [0.3, 0.4) is 0 Å². The van der Waals surface area contributed by atoms with Crippen molar-refractivity contribution in [3.8, 4) is 0 Å². The van der Waals surface area contributed by atoms with E-state index >= 15 is 0 Å². The Morgan fingerprint density at radius 1 is 1.06 bits per heavy atom. The molecule has 1 unspecified atom stereocenters. The van der Waals surface area contributed by atoms with Gasteiger partial charge in [-0.25, -0.2) is 14.4 Å². The Labute approximate surface area is 206 Å². The van der Waals surface area contributed by atoms with Gasteiger partial charge in [-0.3, -0.25) is 4.90 Å². The number of nitrogens with one attached hydrogen (secondary N) is 3. The summed E-state index contributed by atoms with van der Waals surface area (Å²) in [6.45, 7) is 9.86. The van der Waals surface area contributed by atoms with Crippen LogP contribution in [-0.2, 0) is 16.0 Å². The number of carbonyl (C=O) groups excluding carboxylic acids is 3. The fourth-order valence-corrected chi connectivity index (χ4v) is 4.06. The van der Waals surface area contributed by atoms with Gasteiger partial charge in [-0.1, -0.05) is 44.2 Å². The lowest BCUT2D eigenvalue weighted by Crippen LogP contribution is -2.48. The molecule has 1 aliphatic heterocycles. The van der Waals surface area contributed by atoms with E-state index in [4.69, 9.17) is 4.74 Å². The Bertz CT molecular complexity index is 1110. The fourth-order valence-electron chi connectivity index (χ4n) is 4.06. The number of ether oxygens (including phenoxy) is 1. The van der Waals surface area contributed by atoms with E-state index in [2.05, 4.69) is 16.0 Å².